The largest absolute Gasteiger partial charge is 0.390 e. The summed E-state index contributed by atoms with van der Waals surface area (Å²) in [5.41, 5.74) is 2.32. The van der Waals surface area contributed by atoms with Gasteiger partial charge >= 0.3 is 0 Å². The highest BCUT2D eigenvalue weighted by Crippen LogP contribution is 2.40. The third-order valence-corrected chi connectivity index (χ3v) is 5.53. The second-order valence-corrected chi connectivity index (χ2v) is 7.49. The highest BCUT2D eigenvalue weighted by Gasteiger charge is 2.38. The highest BCUT2D eigenvalue weighted by molar-refractivity contribution is 5.47. The molecule has 0 spiro atoms. The Morgan fingerprint density at radius 1 is 0.833 bits per heavy atom. The third kappa shape index (κ3) is 4.54. The van der Waals surface area contributed by atoms with Crippen LogP contribution < -0.4 is 0 Å². The van der Waals surface area contributed by atoms with Crippen molar-refractivity contribution in [1.29, 1.82) is 0 Å². The summed E-state index contributed by atoms with van der Waals surface area (Å²) in [4.78, 5) is 0. The van der Waals surface area contributed by atoms with Crippen molar-refractivity contribution in [2.24, 2.45) is 5.92 Å². The van der Waals surface area contributed by atoms with Gasteiger partial charge in [0.25, 0.3) is 0 Å². The van der Waals surface area contributed by atoms with Crippen molar-refractivity contribution in [3.63, 3.8) is 0 Å². The number of aliphatic hydroxyl groups is 1. The van der Waals surface area contributed by atoms with E-state index in [1.807, 2.05) is 61.5 Å². The molecule has 156 valence electrons. The SMILES string of the molecule is C=C[C@H](OC)[C@H](O)[C@@H](C)COC(c1ccccc1)(c1ccccc1)c1ccccc1. The molecule has 3 rings (SSSR count). The van der Waals surface area contributed by atoms with Gasteiger partial charge in [-0.2, -0.15) is 0 Å². The van der Waals surface area contributed by atoms with E-state index in [0.29, 0.717) is 6.61 Å². The van der Waals surface area contributed by atoms with Crippen molar-refractivity contribution >= 4 is 0 Å². The van der Waals surface area contributed by atoms with Gasteiger partial charge < -0.3 is 14.6 Å². The Bertz CT molecular complexity index is 797. The number of hydrogen-bond acceptors (Lipinski definition) is 3. The Morgan fingerprint density at radius 3 is 1.57 bits per heavy atom. The molecule has 0 aliphatic carbocycles. The minimum atomic E-state index is -0.797. The van der Waals surface area contributed by atoms with Gasteiger partial charge in [-0.25, -0.2) is 0 Å². The van der Waals surface area contributed by atoms with E-state index in [4.69, 9.17) is 9.47 Å². The normalized spacial score (nSPS) is 14.6. The lowest BCUT2D eigenvalue weighted by Crippen LogP contribution is -2.39. The van der Waals surface area contributed by atoms with Gasteiger partial charge in [0.2, 0.25) is 0 Å². The topological polar surface area (TPSA) is 38.7 Å². The Kier molecular flexibility index (Phi) is 7.58. The van der Waals surface area contributed by atoms with Gasteiger partial charge in [0.05, 0.1) is 12.7 Å². The molecule has 3 heteroatoms. The monoisotopic (exact) mass is 402 g/mol. The zero-order valence-electron chi connectivity index (χ0n) is 17.6. The first-order chi connectivity index (χ1) is 14.6. The van der Waals surface area contributed by atoms with Crippen molar-refractivity contribution in [3.05, 3.63) is 120 Å². The van der Waals surface area contributed by atoms with Gasteiger partial charge in [0, 0.05) is 13.0 Å². The van der Waals surface area contributed by atoms with Crippen LogP contribution in [0.3, 0.4) is 0 Å². The maximum Gasteiger partial charge on any atom is 0.143 e. The smallest absolute Gasteiger partial charge is 0.143 e. The molecular weight excluding hydrogens is 372 g/mol. The second kappa shape index (κ2) is 10.4. The average molecular weight is 403 g/mol. The lowest BCUT2D eigenvalue weighted by molar-refractivity contribution is -0.0652. The standard InChI is InChI=1S/C27H30O3/c1-4-25(29-3)26(28)21(2)20-30-27(22-14-8-5-9-15-22,23-16-10-6-11-17-23)24-18-12-7-13-19-24/h4-19,21,25-26,28H,1,20H2,2-3H3/t21-,25-,26+/m0/s1. The van der Waals surface area contributed by atoms with E-state index < -0.39 is 17.8 Å². The molecule has 3 aromatic rings. The predicted octanol–water partition coefficient (Wildman–Crippen LogP) is 5.19. The number of ether oxygens (including phenoxy) is 2. The molecule has 0 unspecified atom stereocenters. The summed E-state index contributed by atoms with van der Waals surface area (Å²) in [5, 5.41) is 10.7. The second-order valence-electron chi connectivity index (χ2n) is 7.49. The zero-order valence-corrected chi connectivity index (χ0v) is 17.6. The molecule has 3 aromatic carbocycles. The minimum absolute atomic E-state index is 0.163. The van der Waals surface area contributed by atoms with Gasteiger partial charge in [-0.3, -0.25) is 0 Å². The van der Waals surface area contributed by atoms with E-state index in [9.17, 15) is 5.11 Å². The quantitative estimate of drug-likeness (QED) is 0.374. The summed E-state index contributed by atoms with van der Waals surface area (Å²) >= 11 is 0. The Hall–Kier alpha value is -2.72. The van der Waals surface area contributed by atoms with Gasteiger partial charge in [-0.05, 0) is 16.7 Å². The Balaban J connectivity index is 2.06. The molecule has 0 aliphatic heterocycles. The van der Waals surface area contributed by atoms with Crippen LogP contribution >= 0.6 is 0 Å². The molecule has 0 bridgehead atoms. The molecule has 0 aliphatic rings. The molecule has 0 aromatic heterocycles. The van der Waals surface area contributed by atoms with Crippen LogP contribution in [0.15, 0.2) is 104 Å². The van der Waals surface area contributed by atoms with E-state index >= 15 is 0 Å². The van der Waals surface area contributed by atoms with E-state index in [0.717, 1.165) is 16.7 Å². The first-order valence-electron chi connectivity index (χ1n) is 10.3. The fourth-order valence-electron chi connectivity index (χ4n) is 3.82. The van der Waals surface area contributed by atoms with Crippen molar-refractivity contribution < 1.29 is 14.6 Å². The van der Waals surface area contributed by atoms with Gasteiger partial charge in [0.1, 0.15) is 11.7 Å². The molecule has 3 nitrogen and oxygen atoms in total. The van der Waals surface area contributed by atoms with Crippen molar-refractivity contribution in [2.45, 2.75) is 24.7 Å². The maximum atomic E-state index is 10.7. The van der Waals surface area contributed by atoms with E-state index in [1.54, 1.807) is 13.2 Å². The Labute approximate surface area is 179 Å². The molecule has 3 atom stereocenters. The summed E-state index contributed by atoms with van der Waals surface area (Å²) in [6.45, 7) is 6.07. The van der Waals surface area contributed by atoms with Crippen LogP contribution in [0.25, 0.3) is 0 Å². The van der Waals surface area contributed by atoms with Gasteiger partial charge in [-0.15, -0.1) is 6.58 Å². The zero-order chi connectivity index (χ0) is 21.4. The van der Waals surface area contributed by atoms with Crippen molar-refractivity contribution in [2.75, 3.05) is 13.7 Å². The van der Waals surface area contributed by atoms with Crippen molar-refractivity contribution in [3.8, 4) is 0 Å². The first kappa shape index (κ1) is 22.0. The summed E-state index contributed by atoms with van der Waals surface area (Å²) in [5.74, 6) is -0.163. The number of rotatable bonds is 10. The number of hydrogen-bond donors (Lipinski definition) is 1. The number of benzene rings is 3. The lowest BCUT2D eigenvalue weighted by Gasteiger charge is -2.37. The maximum absolute atomic E-state index is 10.7. The summed E-state index contributed by atoms with van der Waals surface area (Å²) in [7, 11) is 1.57. The molecule has 30 heavy (non-hydrogen) atoms. The Morgan fingerprint density at radius 2 is 1.23 bits per heavy atom. The molecule has 0 saturated carbocycles. The van der Waals surface area contributed by atoms with E-state index in [1.165, 1.54) is 0 Å². The molecule has 0 amide bonds. The summed E-state index contributed by atoms with van der Waals surface area (Å²) in [6, 6.07) is 30.7. The molecule has 0 fully saturated rings. The van der Waals surface area contributed by atoms with Crippen LogP contribution in [0.5, 0.6) is 0 Å². The first-order valence-corrected chi connectivity index (χ1v) is 10.3. The van der Waals surface area contributed by atoms with E-state index in [-0.39, 0.29) is 5.92 Å². The summed E-state index contributed by atoms with van der Waals surface area (Å²) < 4.78 is 12.1. The molecular formula is C27H30O3. The van der Waals surface area contributed by atoms with Crippen LogP contribution in [-0.4, -0.2) is 31.0 Å². The molecule has 0 heterocycles. The fraction of sp³-hybridized carbons (Fsp3) is 0.259. The summed E-state index contributed by atoms with van der Waals surface area (Å²) in [6.07, 6.45) is 0.468. The minimum Gasteiger partial charge on any atom is -0.390 e. The van der Waals surface area contributed by atoms with E-state index in [2.05, 4.69) is 43.0 Å². The lowest BCUT2D eigenvalue weighted by atomic mass is 9.80. The predicted molar refractivity (Wildman–Crippen MR) is 121 cm³/mol. The van der Waals surface area contributed by atoms with Crippen LogP contribution in [-0.2, 0) is 15.1 Å². The number of aliphatic hydroxyl groups excluding tert-OH is 1. The fourth-order valence-corrected chi connectivity index (χ4v) is 3.82. The van der Waals surface area contributed by atoms with Crippen LogP contribution in [0.4, 0.5) is 0 Å². The third-order valence-electron chi connectivity index (χ3n) is 5.53. The van der Waals surface area contributed by atoms with Crippen LogP contribution in [0.1, 0.15) is 23.6 Å². The van der Waals surface area contributed by atoms with Crippen LogP contribution in [0, 0.1) is 5.92 Å². The average Bonchev–Trinajstić information content (AvgIpc) is 2.82. The molecule has 0 saturated heterocycles. The molecule has 0 radical (unpaired) electrons. The number of methoxy groups -OCH3 is 1. The van der Waals surface area contributed by atoms with Gasteiger partial charge in [-0.1, -0.05) is 104 Å². The van der Waals surface area contributed by atoms with Crippen LogP contribution in [0.2, 0.25) is 0 Å². The van der Waals surface area contributed by atoms with Crippen molar-refractivity contribution in [1.82, 2.24) is 0 Å². The van der Waals surface area contributed by atoms with Gasteiger partial charge in [0.15, 0.2) is 0 Å². The molecule has 1 N–H and O–H groups in total. The highest BCUT2D eigenvalue weighted by atomic mass is 16.5.